The fourth-order valence-electron chi connectivity index (χ4n) is 1.86. The molecular formula is C12H14N3O4S2-. The highest BCUT2D eigenvalue weighted by atomic mass is 32.2. The smallest absolute Gasteiger partial charge is 0.243 e. The Kier molecular flexibility index (Phi) is 4.55. The predicted molar refractivity (Wildman–Crippen MR) is 76.0 cm³/mol. The Morgan fingerprint density at radius 3 is 2.76 bits per heavy atom. The molecular weight excluding hydrogens is 314 g/mol. The Morgan fingerprint density at radius 1 is 1.43 bits per heavy atom. The van der Waals surface area contributed by atoms with Crippen LogP contribution in [-0.4, -0.2) is 29.2 Å². The molecule has 0 aliphatic carbocycles. The minimum atomic E-state index is -4.02. The number of hydrogen-bond donors (Lipinski definition) is 1. The fourth-order valence-corrected chi connectivity index (χ4v) is 3.92. The van der Waals surface area contributed by atoms with Crippen molar-refractivity contribution in [1.29, 1.82) is 0 Å². The van der Waals surface area contributed by atoms with Gasteiger partial charge in [-0.2, -0.15) is 8.75 Å². The molecule has 21 heavy (non-hydrogen) atoms. The average Bonchev–Trinajstić information content (AvgIpc) is 2.91. The molecule has 9 heteroatoms. The van der Waals surface area contributed by atoms with Crippen molar-refractivity contribution >= 4 is 38.8 Å². The largest absolute Gasteiger partial charge is 0.548 e. The Balaban J connectivity index is 2.42. The van der Waals surface area contributed by atoms with Crippen molar-refractivity contribution < 1.29 is 18.3 Å². The van der Waals surface area contributed by atoms with Crippen LogP contribution in [0.3, 0.4) is 0 Å². The third-order valence-electron chi connectivity index (χ3n) is 3.29. The summed E-state index contributed by atoms with van der Waals surface area (Å²) in [6, 6.07) is 3.26. The highest BCUT2D eigenvalue weighted by molar-refractivity contribution is 7.89. The maximum atomic E-state index is 12.4. The number of benzene rings is 1. The number of nitrogens with one attached hydrogen (secondary N) is 1. The molecule has 0 spiro atoms. The summed E-state index contributed by atoms with van der Waals surface area (Å²) in [5.41, 5.74) is 0.688. The first-order valence-corrected chi connectivity index (χ1v) is 8.52. The molecule has 1 aromatic heterocycles. The van der Waals surface area contributed by atoms with E-state index in [4.69, 9.17) is 0 Å². The second-order valence-electron chi connectivity index (χ2n) is 4.69. The van der Waals surface area contributed by atoms with E-state index in [2.05, 4.69) is 13.5 Å². The first-order valence-electron chi connectivity index (χ1n) is 6.31. The van der Waals surface area contributed by atoms with E-state index in [-0.39, 0.29) is 10.4 Å². The van der Waals surface area contributed by atoms with Gasteiger partial charge in [-0.3, -0.25) is 0 Å². The Hall–Kier alpha value is -1.58. The summed E-state index contributed by atoms with van der Waals surface area (Å²) in [5, 5.41) is 11.2. The highest BCUT2D eigenvalue weighted by Crippen LogP contribution is 2.22. The molecule has 0 saturated heterocycles. The van der Waals surface area contributed by atoms with Gasteiger partial charge in [0.2, 0.25) is 10.0 Å². The van der Waals surface area contributed by atoms with Crippen molar-refractivity contribution in [2.75, 3.05) is 0 Å². The van der Waals surface area contributed by atoms with Crippen LogP contribution in [0.1, 0.15) is 20.3 Å². The lowest BCUT2D eigenvalue weighted by Gasteiger charge is -2.24. The van der Waals surface area contributed by atoms with Crippen molar-refractivity contribution in [1.82, 2.24) is 13.5 Å². The Bertz CT molecular complexity index is 757. The average molecular weight is 328 g/mol. The number of carbonyl (C=O) groups is 1. The molecule has 0 aliphatic rings. The topological polar surface area (TPSA) is 112 Å². The quantitative estimate of drug-likeness (QED) is 0.807. The molecule has 1 heterocycles. The first-order chi connectivity index (χ1) is 9.86. The maximum Gasteiger partial charge on any atom is 0.243 e. The molecule has 0 unspecified atom stereocenters. The SMILES string of the molecule is CC[C@H](C)[C@H](NS(=O)(=O)c1cccc2nsnc12)C(=O)[O-]. The molecule has 0 bridgehead atoms. The molecule has 1 N–H and O–H groups in total. The number of hydrogen-bond acceptors (Lipinski definition) is 7. The zero-order valence-electron chi connectivity index (χ0n) is 11.4. The van der Waals surface area contributed by atoms with Crippen LogP contribution < -0.4 is 9.83 Å². The number of fused-ring (bicyclic) bond motifs is 1. The lowest BCUT2D eigenvalue weighted by molar-refractivity contribution is -0.309. The monoisotopic (exact) mass is 328 g/mol. The summed E-state index contributed by atoms with van der Waals surface area (Å²) in [5.74, 6) is -1.84. The van der Waals surface area contributed by atoms with Crippen molar-refractivity contribution in [2.45, 2.75) is 31.2 Å². The molecule has 2 rings (SSSR count). The molecule has 1 aromatic carbocycles. The zero-order valence-corrected chi connectivity index (χ0v) is 13.1. The standard InChI is InChI=1S/C12H15N3O4S2/c1-3-7(2)10(12(16)17)15-21(18,19)9-6-4-5-8-11(9)14-20-13-8/h4-7,10,15H,3H2,1-2H3,(H,16,17)/p-1/t7-,10-/m0/s1. The van der Waals surface area contributed by atoms with Gasteiger partial charge in [-0.15, -0.1) is 0 Å². The second-order valence-corrected chi connectivity index (χ2v) is 6.90. The Morgan fingerprint density at radius 2 is 2.14 bits per heavy atom. The lowest BCUT2D eigenvalue weighted by Crippen LogP contribution is -2.51. The van der Waals surface area contributed by atoms with Crippen molar-refractivity contribution in [3.05, 3.63) is 18.2 Å². The van der Waals surface area contributed by atoms with Gasteiger partial charge in [0.15, 0.2) is 0 Å². The highest BCUT2D eigenvalue weighted by Gasteiger charge is 2.26. The summed E-state index contributed by atoms with van der Waals surface area (Å²) in [6.45, 7) is 3.42. The van der Waals surface area contributed by atoms with Gasteiger partial charge < -0.3 is 9.90 Å². The second kappa shape index (κ2) is 6.04. The number of aromatic nitrogens is 2. The minimum Gasteiger partial charge on any atom is -0.548 e. The third kappa shape index (κ3) is 3.20. The van der Waals surface area contributed by atoms with Crippen molar-refractivity contribution in [3.63, 3.8) is 0 Å². The molecule has 2 atom stereocenters. The van der Waals surface area contributed by atoms with Crippen LogP contribution in [-0.2, 0) is 14.8 Å². The van der Waals surface area contributed by atoms with E-state index in [0.29, 0.717) is 11.9 Å². The molecule has 7 nitrogen and oxygen atoms in total. The van der Waals surface area contributed by atoms with Gasteiger partial charge in [0.1, 0.15) is 15.9 Å². The molecule has 0 amide bonds. The van der Waals surface area contributed by atoms with E-state index in [9.17, 15) is 18.3 Å². The molecule has 0 fully saturated rings. The van der Waals surface area contributed by atoms with Crippen molar-refractivity contribution in [3.8, 4) is 0 Å². The maximum absolute atomic E-state index is 12.4. The van der Waals surface area contributed by atoms with Gasteiger partial charge in [0, 0.05) is 0 Å². The fraction of sp³-hybridized carbons (Fsp3) is 0.417. The van der Waals surface area contributed by atoms with Crippen LogP contribution in [0.4, 0.5) is 0 Å². The number of rotatable bonds is 6. The molecule has 0 radical (unpaired) electrons. The van der Waals surface area contributed by atoms with Crippen LogP contribution in [0.15, 0.2) is 23.1 Å². The normalized spacial score (nSPS) is 15.0. The summed E-state index contributed by atoms with van der Waals surface area (Å²) in [7, 11) is -4.02. The number of nitrogens with zero attached hydrogens (tertiary/aromatic N) is 2. The van der Waals surface area contributed by atoms with E-state index in [0.717, 1.165) is 11.7 Å². The lowest BCUT2D eigenvalue weighted by atomic mass is 10.0. The van der Waals surface area contributed by atoms with Gasteiger partial charge in [0.05, 0.1) is 23.7 Å². The van der Waals surface area contributed by atoms with E-state index in [1.54, 1.807) is 19.9 Å². The molecule has 0 aliphatic heterocycles. The van der Waals surface area contributed by atoms with Crippen LogP contribution in [0.2, 0.25) is 0 Å². The van der Waals surface area contributed by atoms with Gasteiger partial charge in [-0.05, 0) is 18.1 Å². The number of carbonyl (C=O) groups excluding carboxylic acids is 1. The molecule has 114 valence electrons. The van der Waals surface area contributed by atoms with Crippen LogP contribution in [0.5, 0.6) is 0 Å². The van der Waals surface area contributed by atoms with Gasteiger partial charge >= 0.3 is 0 Å². The minimum absolute atomic E-state index is 0.0803. The number of sulfonamides is 1. The van der Waals surface area contributed by atoms with E-state index < -0.39 is 28.0 Å². The van der Waals surface area contributed by atoms with Gasteiger partial charge in [-0.1, -0.05) is 26.3 Å². The van der Waals surface area contributed by atoms with E-state index in [1.165, 1.54) is 12.1 Å². The summed E-state index contributed by atoms with van der Waals surface area (Å²) >= 11 is 0.898. The molecule has 2 aromatic rings. The number of carboxylic acid groups (broad SMARTS) is 1. The van der Waals surface area contributed by atoms with Gasteiger partial charge in [0.25, 0.3) is 0 Å². The van der Waals surface area contributed by atoms with E-state index in [1.807, 2.05) is 0 Å². The van der Waals surface area contributed by atoms with Crippen LogP contribution in [0, 0.1) is 5.92 Å². The first kappa shape index (κ1) is 15.8. The van der Waals surface area contributed by atoms with Crippen LogP contribution >= 0.6 is 11.7 Å². The van der Waals surface area contributed by atoms with E-state index >= 15 is 0 Å². The number of aliphatic carboxylic acids is 1. The Labute approximate surface area is 126 Å². The van der Waals surface area contributed by atoms with Crippen molar-refractivity contribution in [2.24, 2.45) is 5.92 Å². The summed E-state index contributed by atoms with van der Waals surface area (Å²) in [4.78, 5) is 11.1. The molecule has 0 saturated carbocycles. The predicted octanol–water partition coefficient (Wildman–Crippen LogP) is 0.134. The van der Waals surface area contributed by atoms with Crippen LogP contribution in [0.25, 0.3) is 11.0 Å². The van der Waals surface area contributed by atoms with Gasteiger partial charge in [-0.25, -0.2) is 13.1 Å². The third-order valence-corrected chi connectivity index (χ3v) is 5.30. The summed E-state index contributed by atoms with van der Waals surface area (Å²) in [6.07, 6.45) is 0.504. The zero-order chi connectivity index (χ0) is 15.6. The number of carboxylic acids is 1. The summed E-state index contributed by atoms with van der Waals surface area (Å²) < 4.78 is 34.9.